The quantitative estimate of drug-likeness (QED) is 0.696. The number of aromatic amines is 2. The summed E-state index contributed by atoms with van der Waals surface area (Å²) in [7, 11) is 0. The topological polar surface area (TPSA) is 104 Å². The minimum atomic E-state index is -2.91. The summed E-state index contributed by atoms with van der Waals surface area (Å²) in [6.07, 6.45) is 0.210. The zero-order chi connectivity index (χ0) is 18.4. The molecule has 7 nitrogen and oxygen atoms in total. The molecule has 25 heavy (non-hydrogen) atoms. The lowest BCUT2D eigenvalue weighted by Gasteiger charge is -2.08. The average molecular weight is 353 g/mol. The molecule has 1 aromatic carbocycles. The molecule has 1 heterocycles. The van der Waals surface area contributed by atoms with E-state index in [0.29, 0.717) is 16.8 Å². The van der Waals surface area contributed by atoms with E-state index in [9.17, 15) is 23.2 Å². The first-order valence-corrected chi connectivity index (χ1v) is 7.47. The third kappa shape index (κ3) is 5.55. The third-order valence-electron chi connectivity index (χ3n) is 3.47. The number of carbonyl (C=O) groups is 1. The van der Waals surface area contributed by atoms with E-state index >= 15 is 0 Å². The van der Waals surface area contributed by atoms with Gasteiger partial charge in [0.1, 0.15) is 5.75 Å². The SMILES string of the molecule is Cc1[nH]c(=O)[nH]c(=O)c1CCC(=O)NCc1cccc(OC(F)F)c1. The summed E-state index contributed by atoms with van der Waals surface area (Å²) >= 11 is 0. The fourth-order valence-corrected chi connectivity index (χ4v) is 2.29. The molecule has 0 aliphatic heterocycles. The van der Waals surface area contributed by atoms with Crippen LogP contribution in [0.3, 0.4) is 0 Å². The van der Waals surface area contributed by atoms with Crippen molar-refractivity contribution in [2.45, 2.75) is 32.9 Å². The number of ether oxygens (including phenoxy) is 1. The van der Waals surface area contributed by atoms with Crippen LogP contribution in [0.2, 0.25) is 0 Å². The molecule has 0 atom stereocenters. The second kappa shape index (κ2) is 8.22. The minimum Gasteiger partial charge on any atom is -0.435 e. The van der Waals surface area contributed by atoms with Gasteiger partial charge in [-0.25, -0.2) is 4.79 Å². The van der Waals surface area contributed by atoms with Gasteiger partial charge in [-0.1, -0.05) is 12.1 Å². The maximum Gasteiger partial charge on any atom is 0.387 e. The number of carbonyl (C=O) groups excluding carboxylic acids is 1. The monoisotopic (exact) mass is 353 g/mol. The highest BCUT2D eigenvalue weighted by Crippen LogP contribution is 2.15. The number of rotatable bonds is 7. The van der Waals surface area contributed by atoms with Crippen LogP contribution in [0.5, 0.6) is 5.75 Å². The van der Waals surface area contributed by atoms with E-state index in [1.165, 1.54) is 12.1 Å². The smallest absolute Gasteiger partial charge is 0.387 e. The van der Waals surface area contributed by atoms with Crippen LogP contribution in [0.1, 0.15) is 23.2 Å². The van der Waals surface area contributed by atoms with Crippen LogP contribution >= 0.6 is 0 Å². The molecule has 1 amide bonds. The van der Waals surface area contributed by atoms with E-state index in [-0.39, 0.29) is 31.0 Å². The molecular formula is C16H17F2N3O4. The number of hydrogen-bond donors (Lipinski definition) is 3. The summed E-state index contributed by atoms with van der Waals surface area (Å²) in [6.45, 7) is -1.19. The minimum absolute atomic E-state index is 0.0112. The lowest BCUT2D eigenvalue weighted by Crippen LogP contribution is -2.29. The summed E-state index contributed by atoms with van der Waals surface area (Å²) in [5.74, 6) is -0.303. The molecule has 0 saturated carbocycles. The van der Waals surface area contributed by atoms with E-state index in [1.54, 1.807) is 19.1 Å². The van der Waals surface area contributed by atoms with Crippen molar-refractivity contribution in [2.75, 3.05) is 0 Å². The van der Waals surface area contributed by atoms with Crippen molar-refractivity contribution in [3.05, 3.63) is 61.9 Å². The van der Waals surface area contributed by atoms with Crippen molar-refractivity contribution in [2.24, 2.45) is 0 Å². The van der Waals surface area contributed by atoms with E-state index in [0.717, 1.165) is 0 Å². The van der Waals surface area contributed by atoms with Crippen molar-refractivity contribution in [3.8, 4) is 5.75 Å². The highest BCUT2D eigenvalue weighted by atomic mass is 19.3. The van der Waals surface area contributed by atoms with Gasteiger partial charge < -0.3 is 15.0 Å². The Morgan fingerprint density at radius 2 is 2.04 bits per heavy atom. The van der Waals surface area contributed by atoms with Crippen molar-refractivity contribution >= 4 is 5.91 Å². The van der Waals surface area contributed by atoms with Gasteiger partial charge in [-0.3, -0.25) is 14.6 Å². The molecule has 0 bridgehead atoms. The summed E-state index contributed by atoms with van der Waals surface area (Å²) in [5.41, 5.74) is 0.234. The summed E-state index contributed by atoms with van der Waals surface area (Å²) in [6, 6.07) is 6.00. The normalized spacial score (nSPS) is 10.7. The van der Waals surface area contributed by atoms with Gasteiger partial charge in [-0.2, -0.15) is 8.78 Å². The standard InChI is InChI=1S/C16H17F2N3O4/c1-9-12(14(23)21-16(24)20-9)5-6-13(22)19-8-10-3-2-4-11(7-10)25-15(17)18/h2-4,7,15H,5-6,8H2,1H3,(H,19,22)(H2,20,21,23,24). The Balaban J connectivity index is 1.89. The largest absolute Gasteiger partial charge is 0.435 e. The van der Waals surface area contributed by atoms with E-state index in [2.05, 4.69) is 20.0 Å². The van der Waals surface area contributed by atoms with Gasteiger partial charge in [-0.15, -0.1) is 0 Å². The zero-order valence-corrected chi connectivity index (χ0v) is 13.4. The number of halogens is 2. The van der Waals surface area contributed by atoms with Gasteiger partial charge in [0, 0.05) is 24.2 Å². The predicted molar refractivity (Wildman–Crippen MR) is 85.7 cm³/mol. The summed E-state index contributed by atoms with van der Waals surface area (Å²) in [5, 5.41) is 2.63. The van der Waals surface area contributed by atoms with Crippen LogP contribution in [-0.2, 0) is 17.8 Å². The number of alkyl halides is 2. The number of benzene rings is 1. The molecule has 0 aliphatic carbocycles. The number of aromatic nitrogens is 2. The van der Waals surface area contributed by atoms with Gasteiger partial charge in [0.2, 0.25) is 5.91 Å². The third-order valence-corrected chi connectivity index (χ3v) is 3.47. The highest BCUT2D eigenvalue weighted by Gasteiger charge is 2.10. The molecule has 134 valence electrons. The molecule has 9 heteroatoms. The maximum absolute atomic E-state index is 12.2. The van der Waals surface area contributed by atoms with Crippen molar-refractivity contribution in [1.29, 1.82) is 0 Å². The first kappa shape index (κ1) is 18.4. The van der Waals surface area contributed by atoms with Gasteiger partial charge in [0.15, 0.2) is 0 Å². The van der Waals surface area contributed by atoms with Gasteiger partial charge in [-0.05, 0) is 31.0 Å². The molecule has 0 spiro atoms. The maximum atomic E-state index is 12.2. The molecule has 2 rings (SSSR count). The number of nitrogens with one attached hydrogen (secondary N) is 3. The number of H-pyrrole nitrogens is 2. The van der Waals surface area contributed by atoms with Crippen molar-refractivity contribution < 1.29 is 18.3 Å². The first-order valence-electron chi connectivity index (χ1n) is 7.47. The molecule has 0 aliphatic rings. The Labute approximate surface area is 141 Å². The average Bonchev–Trinajstić information content (AvgIpc) is 2.51. The summed E-state index contributed by atoms with van der Waals surface area (Å²) in [4.78, 5) is 39.3. The predicted octanol–water partition coefficient (Wildman–Crippen LogP) is 1.22. The highest BCUT2D eigenvalue weighted by molar-refractivity contribution is 5.76. The lowest BCUT2D eigenvalue weighted by molar-refractivity contribution is -0.121. The van der Waals surface area contributed by atoms with Crippen LogP contribution in [0.25, 0.3) is 0 Å². The second-order valence-electron chi connectivity index (χ2n) is 5.31. The van der Waals surface area contributed by atoms with Crippen molar-refractivity contribution in [1.82, 2.24) is 15.3 Å². The Bertz CT molecular complexity index is 861. The molecule has 0 radical (unpaired) electrons. The van der Waals surface area contributed by atoms with E-state index in [4.69, 9.17) is 0 Å². The van der Waals surface area contributed by atoms with Crippen LogP contribution in [-0.4, -0.2) is 22.5 Å². The fraction of sp³-hybridized carbons (Fsp3) is 0.312. The first-order chi connectivity index (χ1) is 11.8. The lowest BCUT2D eigenvalue weighted by atomic mass is 10.1. The second-order valence-corrected chi connectivity index (χ2v) is 5.31. The van der Waals surface area contributed by atoms with E-state index < -0.39 is 17.9 Å². The van der Waals surface area contributed by atoms with E-state index in [1.807, 2.05) is 0 Å². The van der Waals surface area contributed by atoms with Gasteiger partial charge in [0.05, 0.1) is 0 Å². The Morgan fingerprint density at radius 3 is 2.72 bits per heavy atom. The number of amides is 1. The molecule has 1 aromatic heterocycles. The Hall–Kier alpha value is -2.97. The van der Waals surface area contributed by atoms with Gasteiger partial charge in [0.25, 0.3) is 5.56 Å². The van der Waals surface area contributed by atoms with Crippen molar-refractivity contribution in [3.63, 3.8) is 0 Å². The summed E-state index contributed by atoms with van der Waals surface area (Å²) < 4.78 is 28.6. The molecule has 0 unspecified atom stereocenters. The zero-order valence-electron chi connectivity index (χ0n) is 13.4. The van der Waals surface area contributed by atoms with Crippen LogP contribution in [0.15, 0.2) is 33.9 Å². The molecular weight excluding hydrogens is 336 g/mol. The van der Waals surface area contributed by atoms with Crippen LogP contribution in [0.4, 0.5) is 8.78 Å². The molecule has 3 N–H and O–H groups in total. The van der Waals surface area contributed by atoms with Crippen LogP contribution in [0, 0.1) is 6.92 Å². The molecule has 0 saturated heterocycles. The Morgan fingerprint density at radius 1 is 1.28 bits per heavy atom. The number of aryl methyl sites for hydroxylation is 1. The van der Waals surface area contributed by atoms with Crippen LogP contribution < -0.4 is 21.3 Å². The molecule has 2 aromatic rings. The van der Waals surface area contributed by atoms with Gasteiger partial charge >= 0.3 is 12.3 Å². The number of hydrogen-bond acceptors (Lipinski definition) is 4. The fourth-order valence-electron chi connectivity index (χ4n) is 2.29. The molecule has 0 fully saturated rings. The Kier molecular flexibility index (Phi) is 6.04.